The molecule has 2 fully saturated rings. The summed E-state index contributed by atoms with van der Waals surface area (Å²) in [6.45, 7) is 5.23. The lowest BCUT2D eigenvalue weighted by Gasteiger charge is -2.47. The van der Waals surface area contributed by atoms with Crippen LogP contribution in [0.15, 0.2) is 54.6 Å². The summed E-state index contributed by atoms with van der Waals surface area (Å²) in [6, 6.07) is 17.3. The molecule has 0 aromatic heterocycles. The molecule has 5 heteroatoms. The van der Waals surface area contributed by atoms with Crippen molar-refractivity contribution in [3.63, 3.8) is 0 Å². The number of fused-ring (bicyclic) bond motifs is 2. The molecule has 3 aliphatic heterocycles. The SMILES string of the molecule is Cc1cccc(/C=C/C2CCNC3NC(N4c5ccccc5CC4C)NC(=O)C23)c1. The molecular formula is C25H30N4O. The summed E-state index contributed by atoms with van der Waals surface area (Å²) in [5.41, 5.74) is 5.00. The van der Waals surface area contributed by atoms with Gasteiger partial charge >= 0.3 is 0 Å². The normalized spacial score (nSPS) is 30.8. The van der Waals surface area contributed by atoms with Gasteiger partial charge in [-0.05, 0) is 56.3 Å². The van der Waals surface area contributed by atoms with E-state index in [4.69, 9.17) is 0 Å². The summed E-state index contributed by atoms with van der Waals surface area (Å²) in [5, 5.41) is 10.5. The lowest BCUT2D eigenvalue weighted by Crippen LogP contribution is -2.73. The maximum absolute atomic E-state index is 13.2. The molecule has 5 nitrogen and oxygen atoms in total. The highest BCUT2D eigenvalue weighted by Gasteiger charge is 2.45. The van der Waals surface area contributed by atoms with Gasteiger partial charge in [0.25, 0.3) is 0 Å². The predicted octanol–water partition coefficient (Wildman–Crippen LogP) is 3.01. The Hall–Kier alpha value is -2.63. The van der Waals surface area contributed by atoms with Crippen molar-refractivity contribution in [2.24, 2.45) is 11.8 Å². The average Bonchev–Trinajstić information content (AvgIpc) is 3.07. The van der Waals surface area contributed by atoms with Crippen LogP contribution in [-0.4, -0.2) is 30.9 Å². The molecule has 0 spiro atoms. The Morgan fingerprint density at radius 1 is 1.13 bits per heavy atom. The highest BCUT2D eigenvalue weighted by Crippen LogP contribution is 2.35. The molecule has 5 rings (SSSR count). The van der Waals surface area contributed by atoms with Crippen molar-refractivity contribution < 1.29 is 4.79 Å². The summed E-state index contributed by atoms with van der Waals surface area (Å²) in [7, 11) is 0. The number of piperidine rings is 1. The quantitative estimate of drug-likeness (QED) is 0.739. The number of aryl methyl sites for hydroxylation is 1. The fourth-order valence-electron chi connectivity index (χ4n) is 5.27. The van der Waals surface area contributed by atoms with Crippen LogP contribution in [0.4, 0.5) is 5.69 Å². The van der Waals surface area contributed by atoms with Gasteiger partial charge in [-0.2, -0.15) is 0 Å². The third kappa shape index (κ3) is 3.53. The summed E-state index contributed by atoms with van der Waals surface area (Å²) < 4.78 is 0. The van der Waals surface area contributed by atoms with E-state index in [0.717, 1.165) is 19.4 Å². The zero-order valence-electron chi connectivity index (χ0n) is 17.6. The van der Waals surface area contributed by atoms with E-state index in [1.807, 2.05) is 0 Å². The monoisotopic (exact) mass is 402 g/mol. The second-order valence-electron chi connectivity index (χ2n) is 8.85. The van der Waals surface area contributed by atoms with Crippen molar-refractivity contribution in [2.75, 3.05) is 11.4 Å². The van der Waals surface area contributed by atoms with Crippen LogP contribution in [0.25, 0.3) is 6.08 Å². The van der Waals surface area contributed by atoms with E-state index in [0.29, 0.717) is 6.04 Å². The molecule has 0 saturated carbocycles. The minimum absolute atomic E-state index is 0.0235. The van der Waals surface area contributed by atoms with Crippen LogP contribution in [0.1, 0.15) is 30.0 Å². The van der Waals surface area contributed by atoms with Crippen LogP contribution in [0.3, 0.4) is 0 Å². The van der Waals surface area contributed by atoms with E-state index in [1.165, 1.54) is 22.4 Å². The van der Waals surface area contributed by atoms with Crippen molar-refractivity contribution in [2.45, 2.75) is 45.2 Å². The first-order valence-corrected chi connectivity index (χ1v) is 11.0. The standard InChI is InChI=1S/C25H30N4O/c1-16-6-5-7-18(14-16)10-11-19-12-13-26-23-22(19)24(30)28-25(27-23)29-17(2)15-20-8-3-4-9-21(20)29/h3-11,14,17,19,22-23,25-27H,12-13,15H2,1-2H3,(H,28,30)/b11-10+. The van der Waals surface area contributed by atoms with Crippen LogP contribution in [0.2, 0.25) is 0 Å². The molecule has 3 N–H and O–H groups in total. The number of hydrogen-bond donors (Lipinski definition) is 3. The number of allylic oxidation sites excluding steroid dienone is 1. The second kappa shape index (κ2) is 7.89. The summed E-state index contributed by atoms with van der Waals surface area (Å²) in [6.07, 6.45) is 6.15. The van der Waals surface area contributed by atoms with Crippen molar-refractivity contribution in [3.8, 4) is 0 Å². The van der Waals surface area contributed by atoms with Crippen LogP contribution in [0, 0.1) is 18.8 Å². The van der Waals surface area contributed by atoms with Gasteiger partial charge in [0, 0.05) is 11.7 Å². The molecule has 2 aromatic carbocycles. The van der Waals surface area contributed by atoms with Gasteiger partial charge in [-0.1, -0.05) is 60.2 Å². The van der Waals surface area contributed by atoms with Gasteiger partial charge in [-0.3, -0.25) is 10.1 Å². The van der Waals surface area contributed by atoms with Crippen LogP contribution >= 0.6 is 0 Å². The fraction of sp³-hybridized carbons (Fsp3) is 0.400. The lowest BCUT2D eigenvalue weighted by molar-refractivity contribution is -0.132. The Labute approximate surface area is 178 Å². The molecule has 0 radical (unpaired) electrons. The Kier molecular flexibility index (Phi) is 5.09. The number of carbonyl (C=O) groups excluding carboxylic acids is 1. The third-order valence-electron chi connectivity index (χ3n) is 6.70. The van der Waals surface area contributed by atoms with E-state index in [1.54, 1.807) is 0 Å². The molecule has 1 amide bonds. The van der Waals surface area contributed by atoms with Gasteiger partial charge in [0.05, 0.1) is 12.1 Å². The first-order chi connectivity index (χ1) is 14.6. The second-order valence-corrected chi connectivity index (χ2v) is 8.85. The van der Waals surface area contributed by atoms with E-state index < -0.39 is 0 Å². The van der Waals surface area contributed by atoms with Gasteiger partial charge in [0.15, 0.2) is 6.29 Å². The molecular weight excluding hydrogens is 372 g/mol. The average molecular weight is 403 g/mol. The minimum atomic E-state index is -0.190. The molecule has 3 aliphatic rings. The highest BCUT2D eigenvalue weighted by atomic mass is 16.2. The molecule has 156 valence electrons. The number of para-hydroxylation sites is 1. The minimum Gasteiger partial charge on any atom is -0.336 e. The summed E-state index contributed by atoms with van der Waals surface area (Å²) >= 11 is 0. The molecule has 0 bridgehead atoms. The third-order valence-corrected chi connectivity index (χ3v) is 6.70. The van der Waals surface area contributed by atoms with Crippen molar-refractivity contribution in [1.29, 1.82) is 0 Å². The van der Waals surface area contributed by atoms with E-state index in [-0.39, 0.29) is 30.2 Å². The van der Waals surface area contributed by atoms with E-state index in [2.05, 4.69) is 95.4 Å². The Morgan fingerprint density at radius 2 is 2.00 bits per heavy atom. The van der Waals surface area contributed by atoms with Crippen molar-refractivity contribution >= 4 is 17.7 Å². The Balaban J connectivity index is 1.34. The number of nitrogens with zero attached hydrogens (tertiary/aromatic N) is 1. The predicted molar refractivity (Wildman–Crippen MR) is 121 cm³/mol. The molecule has 0 aliphatic carbocycles. The van der Waals surface area contributed by atoms with Crippen LogP contribution in [0.5, 0.6) is 0 Å². The first kappa shape index (κ1) is 19.3. The van der Waals surface area contributed by atoms with Gasteiger partial charge in [-0.15, -0.1) is 0 Å². The first-order valence-electron chi connectivity index (χ1n) is 11.0. The number of amides is 1. The van der Waals surface area contributed by atoms with E-state index >= 15 is 0 Å². The topological polar surface area (TPSA) is 56.4 Å². The number of rotatable bonds is 3. The smallest absolute Gasteiger partial charge is 0.229 e. The van der Waals surface area contributed by atoms with Crippen LogP contribution in [-0.2, 0) is 11.2 Å². The Morgan fingerprint density at radius 3 is 2.87 bits per heavy atom. The number of carbonyl (C=O) groups is 1. The maximum Gasteiger partial charge on any atom is 0.229 e. The van der Waals surface area contributed by atoms with Gasteiger partial charge in [0.1, 0.15) is 0 Å². The largest absolute Gasteiger partial charge is 0.336 e. The fourth-order valence-corrected chi connectivity index (χ4v) is 5.27. The number of benzene rings is 2. The van der Waals surface area contributed by atoms with Gasteiger partial charge < -0.3 is 15.5 Å². The van der Waals surface area contributed by atoms with Gasteiger partial charge in [0.2, 0.25) is 5.91 Å². The van der Waals surface area contributed by atoms with Crippen molar-refractivity contribution in [3.05, 3.63) is 71.3 Å². The molecule has 2 aromatic rings. The maximum atomic E-state index is 13.2. The summed E-state index contributed by atoms with van der Waals surface area (Å²) in [4.78, 5) is 15.6. The van der Waals surface area contributed by atoms with E-state index in [9.17, 15) is 4.79 Å². The molecule has 3 heterocycles. The zero-order valence-corrected chi connectivity index (χ0v) is 17.6. The molecule has 30 heavy (non-hydrogen) atoms. The molecule has 5 atom stereocenters. The van der Waals surface area contributed by atoms with Gasteiger partial charge in [-0.25, -0.2) is 0 Å². The molecule has 5 unspecified atom stereocenters. The summed E-state index contributed by atoms with van der Waals surface area (Å²) in [5.74, 6) is 0.240. The number of anilines is 1. The zero-order chi connectivity index (χ0) is 20.7. The van der Waals surface area contributed by atoms with Crippen molar-refractivity contribution in [1.82, 2.24) is 16.0 Å². The number of hydrogen-bond acceptors (Lipinski definition) is 4. The number of nitrogens with one attached hydrogen (secondary N) is 3. The van der Waals surface area contributed by atoms with Crippen LogP contribution < -0.4 is 20.9 Å². The lowest BCUT2D eigenvalue weighted by atomic mass is 9.81. The highest BCUT2D eigenvalue weighted by molar-refractivity contribution is 5.82. The molecule has 2 saturated heterocycles. The Bertz CT molecular complexity index is 971.